The van der Waals surface area contributed by atoms with Crippen molar-refractivity contribution < 1.29 is 34.4 Å². The zero-order chi connectivity index (χ0) is 39.9. The Morgan fingerprint density at radius 3 is 1.07 bits per heavy atom. The molecule has 0 amide bonds. The molecule has 0 saturated carbocycles. The van der Waals surface area contributed by atoms with Crippen LogP contribution < -0.4 is 0 Å². The van der Waals surface area contributed by atoms with Crippen molar-refractivity contribution in [2.75, 3.05) is 39.5 Å². The molecule has 0 heterocycles. The second kappa shape index (κ2) is 40.0. The van der Waals surface area contributed by atoms with Crippen LogP contribution in [-0.4, -0.2) is 83.8 Å². The highest BCUT2D eigenvalue weighted by atomic mass is 16.5. The van der Waals surface area contributed by atoms with Crippen LogP contribution in [0.25, 0.3) is 0 Å². The third kappa shape index (κ3) is 33.0. The van der Waals surface area contributed by atoms with E-state index in [9.17, 15) is 24.9 Å². The molecule has 322 valence electrons. The van der Waals surface area contributed by atoms with Gasteiger partial charge in [-0.1, -0.05) is 156 Å². The Morgan fingerprint density at radius 1 is 0.444 bits per heavy atom. The first kappa shape index (κ1) is 52.8. The number of aliphatic hydroxyl groups is 3. The molecule has 0 spiro atoms. The summed E-state index contributed by atoms with van der Waals surface area (Å²) in [7, 11) is 0. The van der Waals surface area contributed by atoms with Gasteiger partial charge in [0, 0.05) is 19.6 Å². The Morgan fingerprint density at radius 2 is 0.741 bits per heavy atom. The largest absolute Gasteiger partial charge is 0.465 e. The number of hydrogen-bond acceptors (Lipinski definition) is 8. The van der Waals surface area contributed by atoms with Crippen LogP contribution in [0.5, 0.6) is 0 Å². The summed E-state index contributed by atoms with van der Waals surface area (Å²) in [5.74, 6) is -0.0895. The van der Waals surface area contributed by atoms with Crippen molar-refractivity contribution in [1.29, 1.82) is 0 Å². The predicted molar refractivity (Wildman–Crippen MR) is 226 cm³/mol. The van der Waals surface area contributed by atoms with Crippen LogP contribution in [0.2, 0.25) is 0 Å². The fourth-order valence-electron chi connectivity index (χ4n) is 7.46. The maximum absolute atomic E-state index is 12.9. The van der Waals surface area contributed by atoms with Gasteiger partial charge in [-0.15, -0.1) is 0 Å². The lowest BCUT2D eigenvalue weighted by molar-refractivity contribution is -0.150. The minimum atomic E-state index is -0.579. The Labute approximate surface area is 334 Å². The quantitative estimate of drug-likeness (QED) is 0.0415. The molecule has 0 aromatic heterocycles. The number of nitrogens with zero attached hydrogens (tertiary/aromatic N) is 1. The molecular formula is C46H91NO7. The van der Waals surface area contributed by atoms with Crippen LogP contribution in [0.3, 0.4) is 0 Å². The Balaban J connectivity index is 4.45. The summed E-state index contributed by atoms with van der Waals surface area (Å²) in [5.41, 5.74) is 0. The van der Waals surface area contributed by atoms with Crippen molar-refractivity contribution in [1.82, 2.24) is 4.90 Å². The average molecular weight is 770 g/mol. The molecule has 4 atom stereocenters. The van der Waals surface area contributed by atoms with Crippen molar-refractivity contribution in [3.63, 3.8) is 0 Å². The first-order chi connectivity index (χ1) is 26.3. The molecule has 3 unspecified atom stereocenters. The number of aliphatic hydroxyl groups excluding tert-OH is 3. The fraction of sp³-hybridized carbons (Fsp3) is 0.957. The highest BCUT2D eigenvalue weighted by Crippen LogP contribution is 2.22. The van der Waals surface area contributed by atoms with Crippen LogP contribution in [0.1, 0.15) is 220 Å². The highest BCUT2D eigenvalue weighted by Gasteiger charge is 2.21. The number of esters is 2. The van der Waals surface area contributed by atoms with E-state index in [1.165, 1.54) is 103 Å². The van der Waals surface area contributed by atoms with Gasteiger partial charge in [0.1, 0.15) is 0 Å². The second-order valence-electron chi connectivity index (χ2n) is 16.3. The van der Waals surface area contributed by atoms with Crippen LogP contribution >= 0.6 is 0 Å². The van der Waals surface area contributed by atoms with E-state index in [2.05, 4.69) is 27.7 Å². The summed E-state index contributed by atoms with van der Waals surface area (Å²) >= 11 is 0. The molecule has 0 rings (SSSR count). The lowest BCUT2D eigenvalue weighted by atomic mass is 9.94. The lowest BCUT2D eigenvalue weighted by Crippen LogP contribution is -2.39. The molecule has 0 aliphatic heterocycles. The third-order valence-electron chi connectivity index (χ3n) is 11.0. The molecule has 8 heteroatoms. The van der Waals surface area contributed by atoms with Crippen molar-refractivity contribution in [2.45, 2.75) is 233 Å². The Bertz CT molecular complexity index is 750. The van der Waals surface area contributed by atoms with E-state index in [0.29, 0.717) is 58.5 Å². The summed E-state index contributed by atoms with van der Waals surface area (Å²) < 4.78 is 11.4. The number of rotatable bonds is 42. The zero-order valence-corrected chi connectivity index (χ0v) is 36.2. The third-order valence-corrected chi connectivity index (χ3v) is 11.0. The monoisotopic (exact) mass is 770 g/mol. The van der Waals surface area contributed by atoms with Gasteiger partial charge in [0.25, 0.3) is 0 Å². The van der Waals surface area contributed by atoms with Crippen LogP contribution in [0, 0.1) is 11.8 Å². The number of carbonyl (C=O) groups is 2. The van der Waals surface area contributed by atoms with Crippen molar-refractivity contribution in [2.24, 2.45) is 11.8 Å². The molecule has 0 bridgehead atoms. The average Bonchev–Trinajstić information content (AvgIpc) is 3.15. The minimum Gasteiger partial charge on any atom is -0.465 e. The van der Waals surface area contributed by atoms with Crippen molar-refractivity contribution in [3.8, 4) is 0 Å². The van der Waals surface area contributed by atoms with Gasteiger partial charge < -0.3 is 24.8 Å². The zero-order valence-electron chi connectivity index (χ0n) is 36.2. The van der Waals surface area contributed by atoms with E-state index in [1.54, 1.807) is 0 Å². The van der Waals surface area contributed by atoms with E-state index < -0.39 is 12.2 Å². The van der Waals surface area contributed by atoms with Crippen molar-refractivity contribution >= 4 is 11.9 Å². The van der Waals surface area contributed by atoms with Crippen molar-refractivity contribution in [3.05, 3.63) is 0 Å². The maximum Gasteiger partial charge on any atom is 0.308 e. The lowest BCUT2D eigenvalue weighted by Gasteiger charge is -2.26. The van der Waals surface area contributed by atoms with Gasteiger partial charge in [-0.25, -0.2) is 0 Å². The fourth-order valence-corrected chi connectivity index (χ4v) is 7.46. The van der Waals surface area contributed by atoms with Gasteiger partial charge in [0.05, 0.1) is 43.9 Å². The minimum absolute atomic E-state index is 0.00397. The molecule has 0 fully saturated rings. The van der Waals surface area contributed by atoms with Gasteiger partial charge >= 0.3 is 11.9 Å². The van der Waals surface area contributed by atoms with Gasteiger partial charge in [-0.3, -0.25) is 14.5 Å². The second-order valence-corrected chi connectivity index (χ2v) is 16.3. The molecule has 0 aromatic rings. The molecule has 3 N–H and O–H groups in total. The van der Waals surface area contributed by atoms with E-state index in [4.69, 9.17) is 9.47 Å². The van der Waals surface area contributed by atoms with E-state index >= 15 is 0 Å². The Kier molecular flexibility index (Phi) is 39.1. The number of unbranched alkanes of at least 4 members (excludes halogenated alkanes) is 18. The number of carbonyl (C=O) groups excluding carboxylic acids is 2. The molecule has 0 aliphatic rings. The Hall–Kier alpha value is -1.22. The van der Waals surface area contributed by atoms with Gasteiger partial charge in [-0.05, 0) is 64.2 Å². The van der Waals surface area contributed by atoms with Crippen LogP contribution in [0.4, 0.5) is 0 Å². The molecule has 8 nitrogen and oxygen atoms in total. The van der Waals surface area contributed by atoms with E-state index in [0.717, 1.165) is 64.2 Å². The highest BCUT2D eigenvalue weighted by molar-refractivity contribution is 5.72. The summed E-state index contributed by atoms with van der Waals surface area (Å²) in [4.78, 5) is 27.8. The molecule has 0 aromatic carbocycles. The van der Waals surface area contributed by atoms with Gasteiger partial charge in [0.15, 0.2) is 0 Å². The summed E-state index contributed by atoms with van der Waals surface area (Å²) in [6, 6.07) is 0. The summed E-state index contributed by atoms with van der Waals surface area (Å²) in [5, 5.41) is 31.1. The number of hydrogen-bond donors (Lipinski definition) is 3. The van der Waals surface area contributed by atoms with Gasteiger partial charge in [-0.2, -0.15) is 0 Å². The molecule has 0 saturated heterocycles. The summed E-state index contributed by atoms with van der Waals surface area (Å²) in [6.45, 7) is 10.8. The predicted octanol–water partition coefficient (Wildman–Crippen LogP) is 11.1. The van der Waals surface area contributed by atoms with Crippen LogP contribution in [0.15, 0.2) is 0 Å². The SMILES string of the molecule is CCCCCCCCC(CCCCCC)C(=O)OCCCCC(O)CN(CCO)C[C@@H](O)CCCCOC(=O)C(CCCCCC)CCCCCCCC. The molecule has 0 radical (unpaired) electrons. The number of ether oxygens (including phenoxy) is 2. The smallest absolute Gasteiger partial charge is 0.308 e. The van der Waals surface area contributed by atoms with Crippen LogP contribution in [-0.2, 0) is 19.1 Å². The first-order valence-corrected chi connectivity index (χ1v) is 23.3. The molecule has 0 aliphatic carbocycles. The topological polar surface area (TPSA) is 117 Å². The normalized spacial score (nSPS) is 13.9. The maximum atomic E-state index is 12.9. The van der Waals surface area contributed by atoms with E-state index in [-0.39, 0.29) is 30.4 Å². The van der Waals surface area contributed by atoms with E-state index in [1.807, 2.05) is 4.90 Å². The standard InChI is InChI=1S/C46H91NO7/c1-5-9-13-17-19-23-31-41(29-21-15-11-7-3)45(51)53-37-27-25-33-43(49)39-47(35-36-48)40-44(50)34-26-28-38-54-46(52)42(30-22-16-12-8-4)32-24-20-18-14-10-6-2/h41-44,48-50H,5-40H2,1-4H3/t41?,42?,43-,44?/m0/s1. The van der Waals surface area contributed by atoms with Gasteiger partial charge in [0.2, 0.25) is 0 Å². The first-order valence-electron chi connectivity index (χ1n) is 23.3. The molecule has 54 heavy (non-hydrogen) atoms. The summed E-state index contributed by atoms with van der Waals surface area (Å²) in [6.07, 6.45) is 30.7. The molecular weight excluding hydrogens is 679 g/mol.